The van der Waals surface area contributed by atoms with E-state index in [0.29, 0.717) is 18.4 Å². The van der Waals surface area contributed by atoms with Crippen LogP contribution in [0, 0.1) is 0 Å². The highest BCUT2D eigenvalue weighted by Crippen LogP contribution is 2.23. The van der Waals surface area contributed by atoms with Crippen molar-refractivity contribution in [2.24, 2.45) is 0 Å². The zero-order valence-corrected chi connectivity index (χ0v) is 8.36. The number of aromatic amines is 1. The maximum absolute atomic E-state index is 10.2. The Morgan fingerprint density at radius 3 is 2.53 bits per heavy atom. The second-order valence-electron chi connectivity index (χ2n) is 3.48. The molecule has 1 heterocycles. The Kier molecular flexibility index (Phi) is 4.03. The third kappa shape index (κ3) is 3.93. The molecule has 0 aliphatic heterocycles. The van der Waals surface area contributed by atoms with Gasteiger partial charge < -0.3 is 15.3 Å². The second-order valence-corrected chi connectivity index (χ2v) is 3.48. The fraction of sp³-hybridized carbons (Fsp3) is 0.500. The zero-order valence-electron chi connectivity index (χ0n) is 8.36. The predicted molar refractivity (Wildman–Crippen MR) is 53.9 cm³/mol. The van der Waals surface area contributed by atoms with Crippen molar-refractivity contribution in [1.29, 1.82) is 0 Å². The summed E-state index contributed by atoms with van der Waals surface area (Å²) >= 11 is 0. The van der Waals surface area contributed by atoms with Gasteiger partial charge in [0.15, 0.2) is 11.8 Å². The van der Waals surface area contributed by atoms with Crippen molar-refractivity contribution < 1.29 is 20.1 Å². The van der Waals surface area contributed by atoms with E-state index in [1.54, 1.807) is 0 Å². The van der Waals surface area contributed by atoms with Gasteiger partial charge in [-0.1, -0.05) is 6.42 Å². The maximum Gasteiger partial charge on any atom is 0.303 e. The van der Waals surface area contributed by atoms with Gasteiger partial charge in [-0.05, 0) is 19.3 Å². The van der Waals surface area contributed by atoms with Gasteiger partial charge in [0.1, 0.15) is 0 Å². The van der Waals surface area contributed by atoms with E-state index >= 15 is 0 Å². The molecule has 84 valence electrons. The molecule has 0 bridgehead atoms. The molecule has 0 fully saturated rings. The minimum atomic E-state index is -0.780. The van der Waals surface area contributed by atoms with Gasteiger partial charge in [0.05, 0.1) is 0 Å². The van der Waals surface area contributed by atoms with Crippen LogP contribution in [0.4, 0.5) is 0 Å². The minimum absolute atomic E-state index is 0.00858. The molecule has 1 aromatic heterocycles. The molecule has 1 aromatic rings. The molecule has 0 aliphatic carbocycles. The van der Waals surface area contributed by atoms with Crippen LogP contribution in [0.5, 0.6) is 11.8 Å². The number of nitrogens with one attached hydrogen (secondary N) is 1. The van der Waals surface area contributed by atoms with Crippen LogP contribution in [-0.2, 0) is 11.2 Å². The standard InChI is InChI=1S/C10H15NO4/c12-8-6-7(10(15)11-8)4-2-1-3-5-9(13)14/h6,11-12,15H,1-5H2,(H,13,14). The number of unbranched alkanes of at least 4 members (excludes halogenated alkanes) is 2. The van der Waals surface area contributed by atoms with E-state index in [-0.39, 0.29) is 18.2 Å². The minimum Gasteiger partial charge on any atom is -0.495 e. The predicted octanol–water partition coefficient (Wildman–Crippen LogP) is 1.61. The van der Waals surface area contributed by atoms with Gasteiger partial charge in [-0.2, -0.15) is 0 Å². The van der Waals surface area contributed by atoms with Crippen molar-refractivity contribution in [3.63, 3.8) is 0 Å². The average molecular weight is 213 g/mol. The number of H-pyrrole nitrogens is 1. The summed E-state index contributed by atoms with van der Waals surface area (Å²) in [7, 11) is 0. The van der Waals surface area contributed by atoms with Crippen LogP contribution >= 0.6 is 0 Å². The summed E-state index contributed by atoms with van der Waals surface area (Å²) in [4.78, 5) is 12.6. The van der Waals surface area contributed by atoms with Crippen LogP contribution in [0.25, 0.3) is 0 Å². The first-order valence-electron chi connectivity index (χ1n) is 4.91. The van der Waals surface area contributed by atoms with Crippen molar-refractivity contribution in [3.8, 4) is 11.8 Å². The number of aromatic nitrogens is 1. The van der Waals surface area contributed by atoms with Gasteiger partial charge in [0.25, 0.3) is 0 Å². The lowest BCUT2D eigenvalue weighted by Gasteiger charge is -1.98. The number of aliphatic carboxylic acids is 1. The fourth-order valence-corrected chi connectivity index (χ4v) is 1.43. The van der Waals surface area contributed by atoms with E-state index in [1.165, 1.54) is 6.07 Å². The molecule has 4 N–H and O–H groups in total. The first kappa shape index (κ1) is 11.4. The van der Waals surface area contributed by atoms with Gasteiger partial charge in [-0.3, -0.25) is 9.78 Å². The first-order chi connectivity index (χ1) is 7.09. The highest BCUT2D eigenvalue weighted by atomic mass is 16.4. The van der Waals surface area contributed by atoms with Crippen molar-refractivity contribution in [2.75, 3.05) is 0 Å². The molecule has 0 aromatic carbocycles. The molecule has 0 spiro atoms. The fourth-order valence-electron chi connectivity index (χ4n) is 1.43. The molecule has 0 radical (unpaired) electrons. The molecule has 0 saturated carbocycles. The lowest BCUT2D eigenvalue weighted by atomic mass is 10.1. The Balaban J connectivity index is 2.20. The van der Waals surface area contributed by atoms with E-state index in [0.717, 1.165) is 12.8 Å². The smallest absolute Gasteiger partial charge is 0.303 e. The van der Waals surface area contributed by atoms with Crippen LogP contribution in [0.3, 0.4) is 0 Å². The number of carboxylic acids is 1. The van der Waals surface area contributed by atoms with Gasteiger partial charge >= 0.3 is 5.97 Å². The SMILES string of the molecule is O=C(O)CCCCCc1cc(O)[nH]c1O. The van der Waals surface area contributed by atoms with E-state index in [1.807, 2.05) is 0 Å². The normalized spacial score (nSPS) is 10.4. The van der Waals surface area contributed by atoms with Gasteiger partial charge in [0.2, 0.25) is 0 Å². The molecular weight excluding hydrogens is 198 g/mol. The molecule has 5 nitrogen and oxygen atoms in total. The number of carbonyl (C=O) groups is 1. The number of hydrogen-bond donors (Lipinski definition) is 4. The van der Waals surface area contributed by atoms with Crippen molar-refractivity contribution in [3.05, 3.63) is 11.6 Å². The summed E-state index contributed by atoms with van der Waals surface area (Å²) in [6.45, 7) is 0. The topological polar surface area (TPSA) is 93.5 Å². The highest BCUT2D eigenvalue weighted by Gasteiger charge is 2.05. The summed E-state index contributed by atoms with van der Waals surface area (Å²) in [5.41, 5.74) is 0.669. The number of carboxylic acid groups (broad SMARTS) is 1. The molecule has 5 heteroatoms. The molecule has 0 amide bonds. The van der Waals surface area contributed by atoms with Gasteiger partial charge in [0, 0.05) is 18.1 Å². The Hall–Kier alpha value is -1.65. The Morgan fingerprint density at radius 2 is 2.00 bits per heavy atom. The van der Waals surface area contributed by atoms with Crippen LogP contribution in [0.15, 0.2) is 6.07 Å². The number of aromatic hydroxyl groups is 2. The van der Waals surface area contributed by atoms with Crippen LogP contribution in [0.2, 0.25) is 0 Å². The molecular formula is C10H15NO4. The molecule has 0 atom stereocenters. The van der Waals surface area contributed by atoms with Crippen molar-refractivity contribution in [2.45, 2.75) is 32.1 Å². The van der Waals surface area contributed by atoms with Gasteiger partial charge in [-0.15, -0.1) is 0 Å². The number of hydrogen-bond acceptors (Lipinski definition) is 3. The lowest BCUT2D eigenvalue weighted by molar-refractivity contribution is -0.137. The largest absolute Gasteiger partial charge is 0.495 e. The Labute approximate surface area is 87.4 Å². The zero-order chi connectivity index (χ0) is 11.3. The Morgan fingerprint density at radius 1 is 1.27 bits per heavy atom. The molecule has 0 aliphatic rings. The monoisotopic (exact) mass is 213 g/mol. The quantitative estimate of drug-likeness (QED) is 0.540. The van der Waals surface area contributed by atoms with Crippen LogP contribution in [-0.4, -0.2) is 26.3 Å². The highest BCUT2D eigenvalue weighted by molar-refractivity contribution is 5.66. The van der Waals surface area contributed by atoms with E-state index in [9.17, 15) is 9.90 Å². The third-order valence-corrected chi connectivity index (χ3v) is 2.20. The molecule has 0 saturated heterocycles. The first-order valence-corrected chi connectivity index (χ1v) is 4.91. The lowest BCUT2D eigenvalue weighted by Crippen LogP contribution is -1.94. The Bertz CT molecular complexity index is 332. The third-order valence-electron chi connectivity index (χ3n) is 2.20. The average Bonchev–Trinajstić information content (AvgIpc) is 2.44. The van der Waals surface area contributed by atoms with Gasteiger partial charge in [-0.25, -0.2) is 0 Å². The van der Waals surface area contributed by atoms with Crippen molar-refractivity contribution in [1.82, 2.24) is 4.98 Å². The van der Waals surface area contributed by atoms with E-state index < -0.39 is 5.97 Å². The molecule has 0 unspecified atom stereocenters. The second kappa shape index (κ2) is 5.29. The summed E-state index contributed by atoms with van der Waals surface area (Å²) in [5.74, 6) is -0.837. The summed E-state index contributed by atoms with van der Waals surface area (Å²) in [6.07, 6.45) is 3.08. The van der Waals surface area contributed by atoms with E-state index in [4.69, 9.17) is 10.2 Å². The van der Waals surface area contributed by atoms with Crippen LogP contribution < -0.4 is 0 Å². The summed E-state index contributed by atoms with van der Waals surface area (Å²) in [5, 5.41) is 26.7. The number of rotatable bonds is 6. The molecule has 15 heavy (non-hydrogen) atoms. The van der Waals surface area contributed by atoms with E-state index in [2.05, 4.69) is 4.98 Å². The number of aryl methyl sites for hydroxylation is 1. The van der Waals surface area contributed by atoms with Crippen LogP contribution in [0.1, 0.15) is 31.2 Å². The van der Waals surface area contributed by atoms with Crippen molar-refractivity contribution >= 4 is 5.97 Å². The summed E-state index contributed by atoms with van der Waals surface area (Å²) in [6, 6.07) is 1.48. The maximum atomic E-state index is 10.2. The summed E-state index contributed by atoms with van der Waals surface area (Å²) < 4.78 is 0. The molecule has 1 rings (SSSR count).